The van der Waals surface area contributed by atoms with Crippen LogP contribution in [0.4, 0.5) is 0 Å². The van der Waals surface area contributed by atoms with Crippen molar-refractivity contribution < 1.29 is 19.0 Å². The molecule has 0 aliphatic heterocycles. The molecular formula is C21H24N2O4. The van der Waals surface area contributed by atoms with Crippen molar-refractivity contribution in [2.45, 2.75) is 20.3 Å². The summed E-state index contributed by atoms with van der Waals surface area (Å²) in [5, 5.41) is 11.7. The Kier molecular flexibility index (Phi) is 7.98. The molecule has 0 bridgehead atoms. The van der Waals surface area contributed by atoms with Gasteiger partial charge < -0.3 is 19.5 Å². The first-order valence-corrected chi connectivity index (χ1v) is 8.94. The highest BCUT2D eigenvalue weighted by Gasteiger charge is 2.07. The van der Waals surface area contributed by atoms with Crippen LogP contribution in [0.1, 0.15) is 25.0 Å². The van der Waals surface area contributed by atoms with Crippen molar-refractivity contribution in [3.8, 4) is 23.3 Å². The van der Waals surface area contributed by atoms with Gasteiger partial charge >= 0.3 is 0 Å². The number of amides is 1. The van der Waals surface area contributed by atoms with Crippen LogP contribution in [0.15, 0.2) is 42.5 Å². The summed E-state index contributed by atoms with van der Waals surface area (Å²) in [4.78, 5) is 11.9. The Morgan fingerprint density at radius 1 is 1.04 bits per heavy atom. The zero-order chi connectivity index (χ0) is 19.5. The first-order chi connectivity index (χ1) is 13.2. The molecule has 0 aliphatic carbocycles. The largest absolute Gasteiger partial charge is 0.490 e. The number of carbonyl (C=O) groups excluding carboxylic acids is 1. The fourth-order valence-corrected chi connectivity index (χ4v) is 2.45. The Hall–Kier alpha value is -3.20. The maximum atomic E-state index is 11.9. The summed E-state index contributed by atoms with van der Waals surface area (Å²) in [6.07, 6.45) is 0.669. The average Bonchev–Trinajstić information content (AvgIpc) is 2.69. The van der Waals surface area contributed by atoms with Gasteiger partial charge in [0.2, 0.25) is 0 Å². The Morgan fingerprint density at radius 2 is 1.81 bits per heavy atom. The highest BCUT2D eigenvalue weighted by molar-refractivity contribution is 5.77. The number of nitrogens with zero attached hydrogens (tertiary/aromatic N) is 1. The van der Waals surface area contributed by atoms with E-state index in [1.54, 1.807) is 24.3 Å². The van der Waals surface area contributed by atoms with Crippen molar-refractivity contribution in [3.05, 3.63) is 53.6 Å². The van der Waals surface area contributed by atoms with Crippen LogP contribution >= 0.6 is 0 Å². The van der Waals surface area contributed by atoms with Crippen molar-refractivity contribution in [2.75, 3.05) is 26.4 Å². The van der Waals surface area contributed by atoms with Gasteiger partial charge in [0.15, 0.2) is 18.1 Å². The molecule has 2 aromatic carbocycles. The number of nitriles is 1. The zero-order valence-electron chi connectivity index (χ0n) is 15.7. The van der Waals surface area contributed by atoms with Crippen LogP contribution in [0.5, 0.6) is 17.2 Å². The van der Waals surface area contributed by atoms with Crippen molar-refractivity contribution in [3.63, 3.8) is 0 Å². The monoisotopic (exact) mass is 368 g/mol. The van der Waals surface area contributed by atoms with E-state index < -0.39 is 0 Å². The number of nitrogens with one attached hydrogen (secondary N) is 1. The van der Waals surface area contributed by atoms with Crippen LogP contribution < -0.4 is 19.5 Å². The van der Waals surface area contributed by atoms with E-state index in [0.29, 0.717) is 43.2 Å². The van der Waals surface area contributed by atoms with Crippen molar-refractivity contribution >= 4 is 5.91 Å². The molecule has 0 heterocycles. The molecule has 2 aromatic rings. The zero-order valence-corrected chi connectivity index (χ0v) is 15.7. The summed E-state index contributed by atoms with van der Waals surface area (Å²) in [7, 11) is 0. The molecule has 0 unspecified atom stereocenters. The SMILES string of the molecule is CCOc1ccc(CCNC(=O)COc2cccc(C#N)c2)cc1OCC. The first-order valence-electron chi connectivity index (χ1n) is 8.94. The van der Waals surface area contributed by atoms with Gasteiger partial charge in [-0.15, -0.1) is 0 Å². The molecule has 0 aliphatic rings. The van der Waals surface area contributed by atoms with Crippen molar-refractivity contribution in [2.24, 2.45) is 0 Å². The Bertz CT molecular complexity index is 799. The predicted molar refractivity (Wildman–Crippen MR) is 102 cm³/mol. The summed E-state index contributed by atoms with van der Waals surface area (Å²) in [5.74, 6) is 1.72. The molecule has 27 heavy (non-hydrogen) atoms. The van der Waals surface area contributed by atoms with E-state index in [0.717, 1.165) is 11.3 Å². The van der Waals surface area contributed by atoms with Crippen LogP contribution in [-0.4, -0.2) is 32.3 Å². The molecule has 142 valence electrons. The van der Waals surface area contributed by atoms with Gasteiger partial charge in [-0.1, -0.05) is 12.1 Å². The second-order valence-corrected chi connectivity index (χ2v) is 5.68. The lowest BCUT2D eigenvalue weighted by molar-refractivity contribution is -0.123. The molecule has 0 radical (unpaired) electrons. The third-order valence-electron chi connectivity index (χ3n) is 3.68. The van der Waals surface area contributed by atoms with Crippen LogP contribution in [0, 0.1) is 11.3 Å². The molecule has 0 saturated heterocycles. The minimum absolute atomic E-state index is 0.0949. The molecule has 0 aromatic heterocycles. The lowest BCUT2D eigenvalue weighted by atomic mass is 10.1. The lowest BCUT2D eigenvalue weighted by Crippen LogP contribution is -2.30. The van der Waals surface area contributed by atoms with Crippen LogP contribution in [0.25, 0.3) is 0 Å². The van der Waals surface area contributed by atoms with E-state index in [1.807, 2.05) is 38.1 Å². The van der Waals surface area contributed by atoms with E-state index in [4.69, 9.17) is 19.5 Å². The molecule has 6 heteroatoms. The smallest absolute Gasteiger partial charge is 0.257 e. The van der Waals surface area contributed by atoms with E-state index >= 15 is 0 Å². The lowest BCUT2D eigenvalue weighted by Gasteiger charge is -2.13. The topological polar surface area (TPSA) is 80.6 Å². The van der Waals surface area contributed by atoms with E-state index in [-0.39, 0.29) is 12.5 Å². The van der Waals surface area contributed by atoms with Gasteiger partial charge in [-0.3, -0.25) is 4.79 Å². The number of carbonyl (C=O) groups is 1. The molecule has 6 nitrogen and oxygen atoms in total. The van der Waals surface area contributed by atoms with E-state index in [9.17, 15) is 4.79 Å². The summed E-state index contributed by atoms with van der Waals surface area (Å²) < 4.78 is 16.6. The number of hydrogen-bond acceptors (Lipinski definition) is 5. The third-order valence-corrected chi connectivity index (χ3v) is 3.68. The van der Waals surface area contributed by atoms with Gasteiger partial charge in [-0.25, -0.2) is 0 Å². The van der Waals surface area contributed by atoms with Gasteiger partial charge in [0.1, 0.15) is 5.75 Å². The van der Waals surface area contributed by atoms with Gasteiger partial charge in [-0.2, -0.15) is 5.26 Å². The number of hydrogen-bond donors (Lipinski definition) is 1. The van der Waals surface area contributed by atoms with Gasteiger partial charge in [0.25, 0.3) is 5.91 Å². The molecule has 1 amide bonds. The number of rotatable bonds is 10. The predicted octanol–water partition coefficient (Wildman–Crippen LogP) is 3.09. The van der Waals surface area contributed by atoms with E-state index in [1.165, 1.54) is 0 Å². The fraction of sp³-hybridized carbons (Fsp3) is 0.333. The summed E-state index contributed by atoms with van der Waals surface area (Å²) >= 11 is 0. The highest BCUT2D eigenvalue weighted by Crippen LogP contribution is 2.28. The Balaban J connectivity index is 1.80. The quantitative estimate of drug-likeness (QED) is 0.697. The normalized spacial score (nSPS) is 9.96. The second kappa shape index (κ2) is 10.7. The van der Waals surface area contributed by atoms with E-state index in [2.05, 4.69) is 5.32 Å². The van der Waals surface area contributed by atoms with Crippen LogP contribution in [-0.2, 0) is 11.2 Å². The molecule has 0 atom stereocenters. The van der Waals surface area contributed by atoms with Crippen molar-refractivity contribution in [1.29, 1.82) is 5.26 Å². The van der Waals surface area contributed by atoms with Gasteiger partial charge in [0, 0.05) is 6.54 Å². The molecule has 0 spiro atoms. The first kappa shape index (κ1) is 20.1. The summed E-state index contributed by atoms with van der Waals surface area (Å²) in [5.41, 5.74) is 1.54. The number of ether oxygens (including phenoxy) is 3. The fourth-order valence-electron chi connectivity index (χ4n) is 2.45. The summed E-state index contributed by atoms with van der Waals surface area (Å²) in [6.45, 7) is 5.38. The number of benzene rings is 2. The van der Waals surface area contributed by atoms with Gasteiger partial charge in [-0.05, 0) is 56.2 Å². The molecule has 0 saturated carbocycles. The highest BCUT2D eigenvalue weighted by atomic mass is 16.5. The Labute approximate surface area is 159 Å². The molecular weight excluding hydrogens is 344 g/mol. The second-order valence-electron chi connectivity index (χ2n) is 5.68. The molecule has 1 N–H and O–H groups in total. The summed E-state index contributed by atoms with van der Waals surface area (Å²) in [6, 6.07) is 14.5. The minimum Gasteiger partial charge on any atom is -0.490 e. The van der Waals surface area contributed by atoms with Crippen LogP contribution in [0.2, 0.25) is 0 Å². The van der Waals surface area contributed by atoms with Gasteiger partial charge in [0.05, 0.1) is 24.8 Å². The maximum absolute atomic E-state index is 11.9. The third kappa shape index (κ3) is 6.55. The molecule has 0 fully saturated rings. The average molecular weight is 368 g/mol. The standard InChI is InChI=1S/C21H24N2O4/c1-3-25-19-9-8-16(13-20(19)26-4-2)10-11-23-21(24)15-27-18-7-5-6-17(12-18)14-22/h5-9,12-13H,3-4,10-11,15H2,1-2H3,(H,23,24). The maximum Gasteiger partial charge on any atom is 0.257 e. The Morgan fingerprint density at radius 3 is 2.56 bits per heavy atom. The molecule has 2 rings (SSSR count). The van der Waals surface area contributed by atoms with Crippen molar-refractivity contribution in [1.82, 2.24) is 5.32 Å². The minimum atomic E-state index is -0.215. The van der Waals surface area contributed by atoms with Crippen LogP contribution in [0.3, 0.4) is 0 Å².